The summed E-state index contributed by atoms with van der Waals surface area (Å²) in [5.74, 6) is 0.935. The Hall–Kier alpha value is -1.58. The summed E-state index contributed by atoms with van der Waals surface area (Å²) >= 11 is 5.89. The van der Waals surface area contributed by atoms with Gasteiger partial charge in [-0.15, -0.1) is 0 Å². The minimum atomic E-state index is 0.774. The maximum Gasteiger partial charge on any atom is 0.126 e. The fourth-order valence-corrected chi connectivity index (χ4v) is 2.21. The number of nitrogens with zero attached hydrogens (tertiary/aromatic N) is 2. The van der Waals surface area contributed by atoms with Gasteiger partial charge in [0.1, 0.15) is 5.82 Å². The maximum absolute atomic E-state index is 5.89. The smallest absolute Gasteiger partial charge is 0.126 e. The number of halogens is 1. The molecule has 1 aromatic carbocycles. The van der Waals surface area contributed by atoms with Crippen LogP contribution in [0.2, 0.25) is 5.02 Å². The fourth-order valence-electron chi connectivity index (χ4n) is 2.08. The van der Waals surface area contributed by atoms with Crippen LogP contribution in [0.15, 0.2) is 42.5 Å². The molecule has 2 aromatic rings. The third-order valence-electron chi connectivity index (χ3n) is 2.96. The molecule has 0 fully saturated rings. The molecule has 1 aromatic heterocycles. The summed E-state index contributed by atoms with van der Waals surface area (Å²) in [6, 6.07) is 14.0. The summed E-state index contributed by atoms with van der Waals surface area (Å²) in [6.45, 7) is 4.66. The van der Waals surface area contributed by atoms with Crippen LogP contribution in [-0.4, -0.2) is 23.5 Å². The number of anilines is 1. The number of pyridine rings is 1. The Labute approximate surface area is 125 Å². The number of aromatic nitrogens is 1. The topological polar surface area (TPSA) is 28.2 Å². The van der Waals surface area contributed by atoms with Crippen molar-refractivity contribution in [3.63, 3.8) is 0 Å². The molecule has 0 aliphatic heterocycles. The molecule has 0 unspecified atom stereocenters. The summed E-state index contributed by atoms with van der Waals surface area (Å²) < 4.78 is 0. The molecule has 0 bridgehead atoms. The number of rotatable bonds is 6. The molecule has 0 amide bonds. The zero-order valence-corrected chi connectivity index (χ0v) is 12.7. The highest BCUT2D eigenvalue weighted by atomic mass is 35.5. The van der Waals surface area contributed by atoms with Crippen molar-refractivity contribution in [2.45, 2.75) is 20.0 Å². The van der Waals surface area contributed by atoms with Crippen molar-refractivity contribution in [1.82, 2.24) is 9.88 Å². The molecule has 1 N–H and O–H groups in total. The third kappa shape index (κ3) is 4.51. The van der Waals surface area contributed by atoms with E-state index in [9.17, 15) is 0 Å². The second kappa shape index (κ2) is 7.27. The third-order valence-corrected chi connectivity index (χ3v) is 3.21. The molecular weight excluding hydrogens is 270 g/mol. The second-order valence-corrected chi connectivity index (χ2v) is 5.28. The predicted molar refractivity (Wildman–Crippen MR) is 85.0 cm³/mol. The van der Waals surface area contributed by atoms with Crippen LogP contribution < -0.4 is 5.32 Å². The van der Waals surface area contributed by atoms with Crippen LogP contribution in [0, 0.1) is 0 Å². The van der Waals surface area contributed by atoms with Crippen LogP contribution in [0.4, 0.5) is 5.82 Å². The lowest BCUT2D eigenvalue weighted by Crippen LogP contribution is -2.18. The van der Waals surface area contributed by atoms with E-state index in [0.29, 0.717) is 0 Å². The quantitative estimate of drug-likeness (QED) is 0.877. The van der Waals surface area contributed by atoms with E-state index >= 15 is 0 Å². The summed E-state index contributed by atoms with van der Waals surface area (Å²) in [6.07, 6.45) is 0. The van der Waals surface area contributed by atoms with E-state index in [1.165, 1.54) is 5.56 Å². The second-order valence-electron chi connectivity index (χ2n) is 4.84. The van der Waals surface area contributed by atoms with Gasteiger partial charge in [0, 0.05) is 24.7 Å². The van der Waals surface area contributed by atoms with Crippen molar-refractivity contribution in [3.8, 4) is 0 Å². The molecule has 2 rings (SSSR count). The Morgan fingerprint density at radius 3 is 2.55 bits per heavy atom. The first-order valence-electron chi connectivity index (χ1n) is 6.80. The van der Waals surface area contributed by atoms with Gasteiger partial charge in [0.25, 0.3) is 0 Å². The summed E-state index contributed by atoms with van der Waals surface area (Å²) in [5.41, 5.74) is 2.32. The van der Waals surface area contributed by atoms with Crippen molar-refractivity contribution in [2.75, 3.05) is 18.9 Å². The van der Waals surface area contributed by atoms with E-state index in [1.807, 2.05) is 24.3 Å². The van der Waals surface area contributed by atoms with Gasteiger partial charge >= 0.3 is 0 Å². The van der Waals surface area contributed by atoms with Gasteiger partial charge in [-0.1, -0.05) is 29.8 Å². The van der Waals surface area contributed by atoms with E-state index in [-0.39, 0.29) is 0 Å². The van der Waals surface area contributed by atoms with Crippen LogP contribution in [0.5, 0.6) is 0 Å². The minimum absolute atomic E-state index is 0.774. The maximum atomic E-state index is 5.89. The zero-order valence-electron chi connectivity index (χ0n) is 11.9. The van der Waals surface area contributed by atoms with Crippen molar-refractivity contribution in [1.29, 1.82) is 0 Å². The Balaban J connectivity index is 1.95. The number of hydrogen-bond acceptors (Lipinski definition) is 3. The number of hydrogen-bond donors (Lipinski definition) is 1. The summed E-state index contributed by atoms with van der Waals surface area (Å²) in [4.78, 5) is 6.82. The van der Waals surface area contributed by atoms with Crippen molar-refractivity contribution in [3.05, 3.63) is 58.7 Å². The van der Waals surface area contributed by atoms with E-state index < -0.39 is 0 Å². The van der Waals surface area contributed by atoms with Gasteiger partial charge in [0.05, 0.1) is 5.69 Å². The molecule has 0 atom stereocenters. The molecule has 0 saturated heterocycles. The highest BCUT2D eigenvalue weighted by molar-refractivity contribution is 6.30. The number of benzene rings is 1. The van der Waals surface area contributed by atoms with E-state index in [4.69, 9.17) is 11.6 Å². The molecule has 0 aliphatic rings. The van der Waals surface area contributed by atoms with Gasteiger partial charge < -0.3 is 5.32 Å². The standard InChI is InChI=1S/C16H20ClN3/c1-3-18-16-6-4-5-15(19-16)12-20(2)11-13-7-9-14(17)10-8-13/h4-10H,3,11-12H2,1-2H3,(H,18,19). The highest BCUT2D eigenvalue weighted by Crippen LogP contribution is 2.12. The molecule has 4 heteroatoms. The first-order valence-corrected chi connectivity index (χ1v) is 7.18. The van der Waals surface area contributed by atoms with Gasteiger partial charge in [-0.05, 0) is 43.8 Å². The minimum Gasteiger partial charge on any atom is -0.370 e. The zero-order chi connectivity index (χ0) is 14.4. The molecule has 0 aliphatic carbocycles. The van der Waals surface area contributed by atoms with Crippen LogP contribution in [-0.2, 0) is 13.1 Å². The first kappa shape index (κ1) is 14.8. The average molecular weight is 290 g/mol. The van der Waals surface area contributed by atoms with Gasteiger partial charge in [-0.3, -0.25) is 4.90 Å². The molecule has 1 heterocycles. The SMILES string of the molecule is CCNc1cccc(CN(C)Cc2ccc(Cl)cc2)n1. The monoisotopic (exact) mass is 289 g/mol. The Bertz CT molecular complexity index is 540. The van der Waals surface area contributed by atoms with E-state index in [2.05, 4.69) is 47.4 Å². The fraction of sp³-hybridized carbons (Fsp3) is 0.312. The lowest BCUT2D eigenvalue weighted by atomic mass is 10.2. The van der Waals surface area contributed by atoms with E-state index in [1.54, 1.807) is 0 Å². The van der Waals surface area contributed by atoms with Crippen molar-refractivity contribution >= 4 is 17.4 Å². The van der Waals surface area contributed by atoms with Crippen LogP contribution in [0.3, 0.4) is 0 Å². The van der Waals surface area contributed by atoms with E-state index in [0.717, 1.165) is 36.2 Å². The van der Waals surface area contributed by atoms with Crippen molar-refractivity contribution in [2.24, 2.45) is 0 Å². The lowest BCUT2D eigenvalue weighted by molar-refractivity contribution is 0.315. The normalized spacial score (nSPS) is 10.8. The Morgan fingerprint density at radius 1 is 1.10 bits per heavy atom. The van der Waals surface area contributed by atoms with Crippen LogP contribution >= 0.6 is 11.6 Å². The predicted octanol–water partition coefficient (Wildman–Crippen LogP) is 3.80. The molecule has 0 radical (unpaired) electrons. The molecular formula is C16H20ClN3. The summed E-state index contributed by atoms with van der Waals surface area (Å²) in [5, 5.41) is 4.01. The Morgan fingerprint density at radius 2 is 1.85 bits per heavy atom. The van der Waals surface area contributed by atoms with Crippen LogP contribution in [0.1, 0.15) is 18.2 Å². The number of nitrogens with one attached hydrogen (secondary N) is 1. The average Bonchev–Trinajstić information content (AvgIpc) is 2.42. The molecule has 0 saturated carbocycles. The molecule has 106 valence electrons. The summed E-state index contributed by atoms with van der Waals surface area (Å²) in [7, 11) is 2.09. The Kier molecular flexibility index (Phi) is 5.39. The molecule has 20 heavy (non-hydrogen) atoms. The van der Waals surface area contributed by atoms with Crippen molar-refractivity contribution < 1.29 is 0 Å². The van der Waals surface area contributed by atoms with Gasteiger partial charge in [-0.25, -0.2) is 4.98 Å². The molecule has 3 nitrogen and oxygen atoms in total. The van der Waals surface area contributed by atoms with Gasteiger partial charge in [0.2, 0.25) is 0 Å². The van der Waals surface area contributed by atoms with Gasteiger partial charge in [0.15, 0.2) is 0 Å². The molecule has 0 spiro atoms. The highest BCUT2D eigenvalue weighted by Gasteiger charge is 2.04. The van der Waals surface area contributed by atoms with Gasteiger partial charge in [-0.2, -0.15) is 0 Å². The largest absolute Gasteiger partial charge is 0.370 e. The lowest BCUT2D eigenvalue weighted by Gasteiger charge is -2.16. The first-order chi connectivity index (χ1) is 9.67. The van der Waals surface area contributed by atoms with Crippen LogP contribution in [0.25, 0.3) is 0 Å².